The van der Waals surface area contributed by atoms with Gasteiger partial charge in [0.2, 0.25) is 0 Å². The quantitative estimate of drug-likeness (QED) is 0.203. The number of anilines is 1. The summed E-state index contributed by atoms with van der Waals surface area (Å²) in [4.78, 5) is 33.0. The third-order valence-corrected chi connectivity index (χ3v) is 10.8. The lowest BCUT2D eigenvalue weighted by atomic mass is 9.94. The molecule has 3 aliphatic heterocycles. The van der Waals surface area contributed by atoms with Crippen LogP contribution < -0.4 is 9.64 Å². The number of amides is 1. The van der Waals surface area contributed by atoms with Crippen LogP contribution in [0.15, 0.2) is 42.6 Å². The van der Waals surface area contributed by atoms with Gasteiger partial charge in [-0.25, -0.2) is 13.6 Å². The molecule has 0 bridgehead atoms. The van der Waals surface area contributed by atoms with Gasteiger partial charge in [0.05, 0.1) is 10.9 Å². The molecule has 9 nitrogen and oxygen atoms in total. The molecule has 0 spiro atoms. The fourth-order valence-electron chi connectivity index (χ4n) is 8.22. The minimum Gasteiger partial charge on any atom is -0.461 e. The molecule has 8 rings (SSSR count). The first-order chi connectivity index (χ1) is 23.5. The van der Waals surface area contributed by atoms with Crippen molar-refractivity contribution in [3.05, 3.63) is 54.0 Å². The van der Waals surface area contributed by atoms with Crippen molar-refractivity contribution < 1.29 is 23.0 Å². The average Bonchev–Trinajstić information content (AvgIpc) is 3.52. The first kappa shape index (κ1) is 32.1. The highest BCUT2D eigenvalue weighted by Crippen LogP contribution is 2.46. The highest BCUT2D eigenvalue weighted by Gasteiger charge is 2.49. The van der Waals surface area contributed by atoms with Crippen LogP contribution in [0.3, 0.4) is 0 Å². The SMILES string of the molecule is CN(c1nc(OC[C@@]23CCCN2C[C@H](F)C3)nc2c(F)c(-c3cccc4cccc(C5CC5)c34)ncc12)[C@@H]1CCN(C(=O)OC(C)(C)C)C1. The molecule has 1 aliphatic carbocycles. The number of ether oxygens (including phenoxy) is 2. The summed E-state index contributed by atoms with van der Waals surface area (Å²) in [5.41, 5.74) is 1.30. The van der Waals surface area contributed by atoms with Gasteiger partial charge in [-0.1, -0.05) is 36.4 Å². The Hall–Kier alpha value is -4.12. The smallest absolute Gasteiger partial charge is 0.410 e. The van der Waals surface area contributed by atoms with Crippen LogP contribution in [0, 0.1) is 5.82 Å². The lowest BCUT2D eigenvalue weighted by molar-refractivity contribution is 0.0292. The number of carbonyl (C=O) groups is 1. The van der Waals surface area contributed by atoms with E-state index in [4.69, 9.17) is 19.4 Å². The number of hydrogen-bond donors (Lipinski definition) is 0. The van der Waals surface area contributed by atoms with Crippen molar-refractivity contribution in [1.29, 1.82) is 0 Å². The van der Waals surface area contributed by atoms with Crippen LogP contribution >= 0.6 is 0 Å². The molecular weight excluding hydrogens is 626 g/mol. The summed E-state index contributed by atoms with van der Waals surface area (Å²) >= 11 is 0. The normalized spacial score (nSPS) is 24.2. The number of carbonyl (C=O) groups excluding carboxylic acids is 1. The maximum absolute atomic E-state index is 17.0. The van der Waals surface area contributed by atoms with Gasteiger partial charge in [0.15, 0.2) is 5.82 Å². The van der Waals surface area contributed by atoms with E-state index in [0.29, 0.717) is 49.6 Å². The number of likely N-dealkylation sites (N-methyl/N-ethyl adjacent to an activating group) is 1. The van der Waals surface area contributed by atoms with E-state index in [1.807, 2.05) is 44.9 Å². The number of aromatic nitrogens is 3. The standard InChI is InChI=1S/C38H44F2N6O3/c1-37(2,3)49-36(47)45-17-14-26(21-45)44(4)34-29-19-41-32(28-11-6-9-24-8-5-10-27(30(24)28)23-12-13-23)31(40)33(29)42-35(43-34)48-22-38-15-7-16-46(38)20-25(39)18-38/h5-6,8-11,19,23,25-26H,7,12-18,20-22H2,1-4H3/t25-,26-,38+/m1/s1. The van der Waals surface area contributed by atoms with E-state index in [9.17, 15) is 9.18 Å². The zero-order valence-corrected chi connectivity index (χ0v) is 28.7. The van der Waals surface area contributed by atoms with E-state index < -0.39 is 23.1 Å². The number of nitrogens with zero attached hydrogens (tertiary/aromatic N) is 6. The van der Waals surface area contributed by atoms with Crippen molar-refractivity contribution in [3.63, 3.8) is 0 Å². The maximum atomic E-state index is 17.0. The largest absolute Gasteiger partial charge is 0.461 e. The first-order valence-corrected chi connectivity index (χ1v) is 17.6. The summed E-state index contributed by atoms with van der Waals surface area (Å²) in [5.74, 6) is 0.405. The van der Waals surface area contributed by atoms with Crippen LogP contribution in [0.4, 0.5) is 19.4 Å². The number of likely N-dealkylation sites (tertiary alicyclic amines) is 1. The monoisotopic (exact) mass is 670 g/mol. The van der Waals surface area contributed by atoms with Crippen molar-refractivity contribution in [2.24, 2.45) is 0 Å². The summed E-state index contributed by atoms with van der Waals surface area (Å²) in [6.07, 6.45) is 5.55. The molecule has 49 heavy (non-hydrogen) atoms. The second-order valence-electron chi connectivity index (χ2n) is 15.4. The van der Waals surface area contributed by atoms with Crippen molar-refractivity contribution in [2.75, 3.05) is 44.7 Å². The zero-order valence-electron chi connectivity index (χ0n) is 28.7. The second-order valence-corrected chi connectivity index (χ2v) is 15.4. The third-order valence-electron chi connectivity index (χ3n) is 10.8. The Morgan fingerprint density at radius 3 is 2.65 bits per heavy atom. The van der Waals surface area contributed by atoms with Crippen molar-refractivity contribution >= 4 is 33.6 Å². The number of halogens is 2. The van der Waals surface area contributed by atoms with Gasteiger partial charge in [0.1, 0.15) is 35.4 Å². The van der Waals surface area contributed by atoms with E-state index >= 15 is 4.39 Å². The number of alkyl halides is 1. The Labute approximate surface area is 285 Å². The van der Waals surface area contributed by atoms with Crippen LogP contribution in [0.1, 0.15) is 70.8 Å². The Bertz CT molecular complexity index is 1920. The molecule has 3 saturated heterocycles. The minimum atomic E-state index is -0.897. The van der Waals surface area contributed by atoms with E-state index in [2.05, 4.69) is 34.1 Å². The van der Waals surface area contributed by atoms with Gasteiger partial charge in [-0.3, -0.25) is 9.88 Å². The van der Waals surface area contributed by atoms with Crippen molar-refractivity contribution in [3.8, 4) is 17.3 Å². The molecule has 0 radical (unpaired) electrons. The molecule has 1 saturated carbocycles. The highest BCUT2D eigenvalue weighted by molar-refractivity contribution is 6.01. The lowest BCUT2D eigenvalue weighted by Gasteiger charge is -2.31. The summed E-state index contributed by atoms with van der Waals surface area (Å²) < 4.78 is 43.5. The van der Waals surface area contributed by atoms with Crippen LogP contribution in [0.25, 0.3) is 32.9 Å². The fraction of sp³-hybridized carbons (Fsp3) is 0.526. The van der Waals surface area contributed by atoms with Gasteiger partial charge < -0.3 is 19.3 Å². The predicted octanol–water partition coefficient (Wildman–Crippen LogP) is 7.26. The van der Waals surface area contributed by atoms with Crippen molar-refractivity contribution in [2.45, 2.75) is 88.6 Å². The molecule has 2 aromatic carbocycles. The molecule has 11 heteroatoms. The predicted molar refractivity (Wildman–Crippen MR) is 185 cm³/mol. The molecule has 4 aromatic rings. The Morgan fingerprint density at radius 2 is 1.88 bits per heavy atom. The van der Waals surface area contributed by atoms with Gasteiger partial charge in [0.25, 0.3) is 0 Å². The number of rotatable bonds is 7. The first-order valence-electron chi connectivity index (χ1n) is 17.6. The van der Waals surface area contributed by atoms with Crippen LogP contribution in [-0.2, 0) is 4.74 Å². The third kappa shape index (κ3) is 5.93. The van der Waals surface area contributed by atoms with Crippen molar-refractivity contribution in [1.82, 2.24) is 24.8 Å². The molecule has 4 aliphatic rings. The molecule has 5 heterocycles. The summed E-state index contributed by atoms with van der Waals surface area (Å²) in [6.45, 7) is 7.98. The summed E-state index contributed by atoms with van der Waals surface area (Å²) in [6, 6.07) is 12.1. The van der Waals surface area contributed by atoms with Gasteiger partial charge in [0, 0.05) is 50.9 Å². The number of benzene rings is 2. The zero-order chi connectivity index (χ0) is 34.1. The van der Waals surface area contributed by atoms with E-state index in [1.54, 1.807) is 11.1 Å². The van der Waals surface area contributed by atoms with E-state index in [1.165, 1.54) is 5.56 Å². The average molecular weight is 671 g/mol. The topological polar surface area (TPSA) is 83.9 Å². The Kier molecular flexibility index (Phi) is 7.89. The number of hydrogen-bond acceptors (Lipinski definition) is 8. The van der Waals surface area contributed by atoms with Gasteiger partial charge >= 0.3 is 12.1 Å². The van der Waals surface area contributed by atoms with Crippen LogP contribution in [-0.4, -0.2) is 94.0 Å². The summed E-state index contributed by atoms with van der Waals surface area (Å²) in [5, 5.41) is 2.53. The summed E-state index contributed by atoms with van der Waals surface area (Å²) in [7, 11) is 1.90. The number of pyridine rings is 1. The van der Waals surface area contributed by atoms with Crippen LogP contribution in [0.5, 0.6) is 6.01 Å². The molecule has 0 unspecified atom stereocenters. The Morgan fingerprint density at radius 1 is 1.08 bits per heavy atom. The Balaban J connectivity index is 1.19. The fourth-order valence-corrected chi connectivity index (χ4v) is 8.22. The van der Waals surface area contributed by atoms with Crippen LogP contribution in [0.2, 0.25) is 0 Å². The van der Waals surface area contributed by atoms with Gasteiger partial charge in [-0.15, -0.1) is 0 Å². The molecule has 258 valence electrons. The second kappa shape index (κ2) is 12.0. The minimum absolute atomic E-state index is 0.0486. The number of fused-ring (bicyclic) bond motifs is 3. The molecule has 2 aromatic heterocycles. The molecule has 4 fully saturated rings. The maximum Gasteiger partial charge on any atom is 0.410 e. The molecule has 3 atom stereocenters. The molecule has 0 N–H and O–H groups in total. The van der Waals surface area contributed by atoms with E-state index in [0.717, 1.165) is 48.6 Å². The van der Waals surface area contributed by atoms with Gasteiger partial charge in [-0.05, 0) is 81.7 Å². The highest BCUT2D eigenvalue weighted by atomic mass is 19.1. The lowest BCUT2D eigenvalue weighted by Crippen LogP contribution is -2.43. The van der Waals surface area contributed by atoms with Gasteiger partial charge in [-0.2, -0.15) is 9.97 Å². The molecular formula is C38H44F2N6O3. The molecule has 1 amide bonds. The van der Waals surface area contributed by atoms with E-state index in [-0.39, 0.29) is 36.0 Å².